The van der Waals surface area contributed by atoms with Crippen LogP contribution in [0.2, 0.25) is 0 Å². The fraction of sp³-hybridized carbons (Fsp3) is 0.364. The zero-order chi connectivity index (χ0) is 30.2. The van der Waals surface area contributed by atoms with Gasteiger partial charge < -0.3 is 25.4 Å². The minimum absolute atomic E-state index is 0.0643. The summed E-state index contributed by atoms with van der Waals surface area (Å²) >= 11 is 0. The number of aromatic hydroxyl groups is 1. The standard InChI is InChI=1S/C33H41N3O5/c1-22(2)36(31(39)27(20-24-15-9-7-10-16-24)35-32(40)41-33(4,5)6)28(26-19-13-14-23(3)29(26)37)30(38)34-21-25-17-11-8-12-18-25/h7-19,22,27-28,37H,20-21H2,1-6H3,(H,34,38)(H,35,40). The lowest BCUT2D eigenvalue weighted by Crippen LogP contribution is -2.55. The third-order valence-corrected chi connectivity index (χ3v) is 6.48. The molecule has 8 heteroatoms. The molecule has 0 aliphatic heterocycles. The van der Waals surface area contributed by atoms with E-state index in [0.717, 1.165) is 11.1 Å². The number of phenols is 1. The average molecular weight is 560 g/mol. The van der Waals surface area contributed by atoms with E-state index in [9.17, 15) is 19.5 Å². The molecule has 0 saturated carbocycles. The summed E-state index contributed by atoms with van der Waals surface area (Å²) in [6.07, 6.45) is -0.556. The Kier molecular flexibility index (Phi) is 10.5. The molecule has 0 fully saturated rings. The zero-order valence-electron chi connectivity index (χ0n) is 24.7. The van der Waals surface area contributed by atoms with Gasteiger partial charge in [0.2, 0.25) is 11.8 Å². The third-order valence-electron chi connectivity index (χ3n) is 6.48. The number of amides is 3. The van der Waals surface area contributed by atoms with Crippen molar-refractivity contribution in [3.8, 4) is 5.75 Å². The maximum atomic E-state index is 14.4. The highest BCUT2D eigenvalue weighted by molar-refractivity contribution is 5.93. The molecule has 0 aromatic heterocycles. The molecule has 3 aromatic rings. The summed E-state index contributed by atoms with van der Waals surface area (Å²) < 4.78 is 5.47. The number of hydrogen-bond donors (Lipinski definition) is 3. The maximum absolute atomic E-state index is 14.4. The van der Waals surface area contributed by atoms with Gasteiger partial charge in [-0.05, 0) is 58.2 Å². The van der Waals surface area contributed by atoms with Gasteiger partial charge in [-0.1, -0.05) is 78.9 Å². The van der Waals surface area contributed by atoms with E-state index in [-0.39, 0.29) is 18.7 Å². The van der Waals surface area contributed by atoms with E-state index in [2.05, 4.69) is 10.6 Å². The normalized spacial score (nSPS) is 12.8. The topological polar surface area (TPSA) is 108 Å². The zero-order valence-corrected chi connectivity index (χ0v) is 24.7. The van der Waals surface area contributed by atoms with Gasteiger partial charge in [0, 0.05) is 24.6 Å². The molecule has 0 bridgehead atoms. The Morgan fingerprint density at radius 2 is 1.46 bits per heavy atom. The summed E-state index contributed by atoms with van der Waals surface area (Å²) in [5.41, 5.74) is 1.83. The molecule has 2 atom stereocenters. The van der Waals surface area contributed by atoms with E-state index in [1.54, 1.807) is 59.7 Å². The van der Waals surface area contributed by atoms with Crippen molar-refractivity contribution in [3.63, 3.8) is 0 Å². The van der Waals surface area contributed by atoms with Crippen molar-refractivity contribution in [2.75, 3.05) is 0 Å². The van der Waals surface area contributed by atoms with Gasteiger partial charge in [0.15, 0.2) is 0 Å². The molecule has 3 aromatic carbocycles. The number of alkyl carbamates (subject to hydrolysis) is 1. The first-order chi connectivity index (χ1) is 19.4. The molecule has 3 rings (SSSR count). The Labute approximate surface area is 242 Å². The number of nitrogens with one attached hydrogen (secondary N) is 2. The van der Waals surface area contributed by atoms with Crippen LogP contribution in [0, 0.1) is 6.92 Å². The average Bonchev–Trinajstić information content (AvgIpc) is 2.91. The molecular weight excluding hydrogens is 518 g/mol. The number of para-hydroxylation sites is 1. The highest BCUT2D eigenvalue weighted by atomic mass is 16.6. The SMILES string of the molecule is Cc1cccc(C(C(=O)NCc2ccccc2)N(C(=O)C(Cc2ccccc2)NC(=O)OC(C)(C)C)C(C)C)c1O. The second-order valence-electron chi connectivity index (χ2n) is 11.3. The molecule has 0 saturated heterocycles. The van der Waals surface area contributed by atoms with Crippen molar-refractivity contribution >= 4 is 17.9 Å². The van der Waals surface area contributed by atoms with Gasteiger partial charge in [0.05, 0.1) is 0 Å². The second kappa shape index (κ2) is 13.8. The van der Waals surface area contributed by atoms with E-state index >= 15 is 0 Å². The fourth-order valence-corrected chi connectivity index (χ4v) is 4.56. The van der Waals surface area contributed by atoms with Crippen molar-refractivity contribution in [3.05, 3.63) is 101 Å². The number of hydrogen-bond acceptors (Lipinski definition) is 5. The molecule has 0 spiro atoms. The molecule has 3 N–H and O–H groups in total. The third kappa shape index (κ3) is 8.83. The first kappa shape index (κ1) is 31.2. The number of nitrogens with zero attached hydrogens (tertiary/aromatic N) is 1. The Balaban J connectivity index is 2.04. The summed E-state index contributed by atoms with van der Waals surface area (Å²) in [5, 5.41) is 16.7. The molecule has 0 radical (unpaired) electrons. The van der Waals surface area contributed by atoms with Crippen molar-refractivity contribution in [1.82, 2.24) is 15.5 Å². The number of ether oxygens (including phenoxy) is 1. The van der Waals surface area contributed by atoms with Gasteiger partial charge in [0.25, 0.3) is 0 Å². The van der Waals surface area contributed by atoms with Gasteiger partial charge in [-0.25, -0.2) is 4.79 Å². The highest BCUT2D eigenvalue weighted by Crippen LogP contribution is 2.33. The highest BCUT2D eigenvalue weighted by Gasteiger charge is 2.39. The minimum Gasteiger partial charge on any atom is -0.507 e. The first-order valence-electron chi connectivity index (χ1n) is 13.8. The Hall–Kier alpha value is -4.33. The Bertz CT molecular complexity index is 1320. The van der Waals surface area contributed by atoms with Crippen molar-refractivity contribution in [1.29, 1.82) is 0 Å². The van der Waals surface area contributed by atoms with Gasteiger partial charge >= 0.3 is 6.09 Å². The quantitative estimate of drug-likeness (QED) is 0.307. The number of aryl methyl sites for hydroxylation is 1. The van der Waals surface area contributed by atoms with E-state index in [1.807, 2.05) is 60.7 Å². The van der Waals surface area contributed by atoms with Gasteiger partial charge in [0.1, 0.15) is 23.4 Å². The number of benzene rings is 3. The predicted octanol–water partition coefficient (Wildman–Crippen LogP) is 5.43. The van der Waals surface area contributed by atoms with Crippen LogP contribution < -0.4 is 10.6 Å². The molecule has 41 heavy (non-hydrogen) atoms. The maximum Gasteiger partial charge on any atom is 0.408 e. The summed E-state index contributed by atoms with van der Waals surface area (Å²) in [4.78, 5) is 42.6. The molecule has 2 unspecified atom stereocenters. The number of rotatable bonds is 10. The van der Waals surface area contributed by atoms with Gasteiger partial charge in [-0.3, -0.25) is 9.59 Å². The monoisotopic (exact) mass is 559 g/mol. The van der Waals surface area contributed by atoms with Crippen molar-refractivity contribution < 1.29 is 24.2 Å². The largest absolute Gasteiger partial charge is 0.507 e. The number of carbonyl (C=O) groups excluding carboxylic acids is 3. The van der Waals surface area contributed by atoms with Crippen LogP contribution in [0.5, 0.6) is 5.75 Å². The molecule has 3 amide bonds. The van der Waals surface area contributed by atoms with Crippen LogP contribution >= 0.6 is 0 Å². The summed E-state index contributed by atoms with van der Waals surface area (Å²) in [5.74, 6) is -0.992. The van der Waals surface area contributed by atoms with E-state index in [4.69, 9.17) is 4.74 Å². The van der Waals surface area contributed by atoms with Crippen LogP contribution in [0.3, 0.4) is 0 Å². The Morgan fingerprint density at radius 3 is 2.02 bits per heavy atom. The minimum atomic E-state index is -1.16. The Morgan fingerprint density at radius 1 is 0.878 bits per heavy atom. The lowest BCUT2D eigenvalue weighted by Gasteiger charge is -2.37. The molecule has 8 nitrogen and oxygen atoms in total. The van der Waals surface area contributed by atoms with Crippen LogP contribution in [-0.2, 0) is 27.3 Å². The van der Waals surface area contributed by atoms with Crippen LogP contribution in [0.4, 0.5) is 4.79 Å². The number of carbonyl (C=O) groups is 3. The summed E-state index contributed by atoms with van der Waals surface area (Å²) in [7, 11) is 0. The molecule has 218 valence electrons. The van der Waals surface area contributed by atoms with Gasteiger partial charge in [-0.15, -0.1) is 0 Å². The van der Waals surface area contributed by atoms with Crippen LogP contribution in [0.25, 0.3) is 0 Å². The van der Waals surface area contributed by atoms with E-state index in [1.165, 1.54) is 4.90 Å². The molecule has 0 heterocycles. The number of phenolic OH excluding ortho intramolecular Hbond substituents is 1. The first-order valence-corrected chi connectivity index (χ1v) is 13.8. The van der Waals surface area contributed by atoms with Crippen molar-refractivity contribution in [2.45, 2.75) is 78.2 Å². The summed E-state index contributed by atoms with van der Waals surface area (Å²) in [6, 6.07) is 21.2. The van der Waals surface area contributed by atoms with Crippen molar-refractivity contribution in [2.24, 2.45) is 0 Å². The van der Waals surface area contributed by atoms with Crippen LogP contribution in [-0.4, -0.2) is 45.6 Å². The van der Waals surface area contributed by atoms with E-state index in [0.29, 0.717) is 11.1 Å². The van der Waals surface area contributed by atoms with Gasteiger partial charge in [-0.2, -0.15) is 0 Å². The predicted molar refractivity (Wildman–Crippen MR) is 159 cm³/mol. The lowest BCUT2D eigenvalue weighted by atomic mass is 9.96. The second-order valence-corrected chi connectivity index (χ2v) is 11.3. The lowest BCUT2D eigenvalue weighted by molar-refractivity contribution is -0.144. The fourth-order valence-electron chi connectivity index (χ4n) is 4.56. The molecule has 0 aliphatic rings. The van der Waals surface area contributed by atoms with Crippen LogP contribution in [0.15, 0.2) is 78.9 Å². The van der Waals surface area contributed by atoms with E-state index < -0.39 is 41.6 Å². The molecular formula is C33H41N3O5. The summed E-state index contributed by atoms with van der Waals surface area (Å²) in [6.45, 7) is 10.8. The smallest absolute Gasteiger partial charge is 0.408 e. The molecule has 0 aliphatic carbocycles. The van der Waals surface area contributed by atoms with Crippen LogP contribution in [0.1, 0.15) is 62.9 Å².